The highest BCUT2D eigenvalue weighted by Crippen LogP contribution is 2.53. The second-order valence-corrected chi connectivity index (χ2v) is 18.5. The number of benzene rings is 9. The van der Waals surface area contributed by atoms with Crippen LogP contribution >= 0.6 is 0 Å². The van der Waals surface area contributed by atoms with Gasteiger partial charge in [-0.2, -0.15) is 0 Å². The van der Waals surface area contributed by atoms with Gasteiger partial charge in [-0.1, -0.05) is 152 Å². The molecule has 0 radical (unpaired) electrons. The van der Waals surface area contributed by atoms with Crippen LogP contribution in [0.5, 0.6) is 0 Å². The number of carbonyl (C=O) groups is 4. The van der Waals surface area contributed by atoms with Gasteiger partial charge in [0.05, 0.1) is 22.5 Å². The van der Waals surface area contributed by atoms with Gasteiger partial charge in [0.15, 0.2) is 0 Å². The molecule has 11 rings (SSSR count). The monoisotopic (exact) mass is 810 g/mol. The smallest absolute Gasteiger partial charge is 0.266 e. The molecular weight excluding hydrogens is 765 g/mol. The Bertz CT molecular complexity index is 3310. The molecule has 0 unspecified atom stereocenters. The van der Waals surface area contributed by atoms with E-state index in [1.807, 2.05) is 97.1 Å². The summed E-state index contributed by atoms with van der Waals surface area (Å²) in [5, 5.41) is 9.72. The minimum absolute atomic E-state index is 0.0567. The van der Waals surface area contributed by atoms with Crippen molar-refractivity contribution in [3.05, 3.63) is 154 Å². The average molecular weight is 811 g/mol. The zero-order valence-corrected chi connectivity index (χ0v) is 36.2. The van der Waals surface area contributed by atoms with Crippen molar-refractivity contribution >= 4 is 99.6 Å². The predicted molar refractivity (Wildman–Crippen MR) is 254 cm³/mol. The van der Waals surface area contributed by atoms with Gasteiger partial charge in [0, 0.05) is 27.3 Å². The number of carbonyl (C=O) groups excluding carboxylic acids is 4. The van der Waals surface area contributed by atoms with E-state index in [1.165, 1.54) is 9.80 Å². The van der Waals surface area contributed by atoms with E-state index in [0.717, 1.165) is 76.1 Å². The zero-order chi connectivity index (χ0) is 43.2. The Hall–Kier alpha value is -6.92. The summed E-state index contributed by atoms with van der Waals surface area (Å²) in [6.07, 6.45) is 0. The largest absolute Gasteiger partial charge is 0.268 e. The summed E-state index contributed by atoms with van der Waals surface area (Å²) in [5.41, 5.74) is 7.11. The third kappa shape index (κ3) is 4.81. The van der Waals surface area contributed by atoms with Crippen LogP contribution in [-0.4, -0.2) is 23.6 Å². The highest BCUT2D eigenvalue weighted by atomic mass is 16.2. The number of imide groups is 2. The lowest BCUT2D eigenvalue weighted by Crippen LogP contribution is -2.42. The van der Waals surface area contributed by atoms with Crippen molar-refractivity contribution in [3.8, 4) is 0 Å². The fourth-order valence-electron chi connectivity index (χ4n) is 11.0. The molecule has 2 heterocycles. The van der Waals surface area contributed by atoms with Crippen LogP contribution in [0.15, 0.2) is 109 Å². The van der Waals surface area contributed by atoms with Crippen molar-refractivity contribution in [2.24, 2.45) is 0 Å². The summed E-state index contributed by atoms with van der Waals surface area (Å²) in [6.45, 7) is 16.8. The van der Waals surface area contributed by atoms with Gasteiger partial charge in [0.1, 0.15) is 0 Å². The van der Waals surface area contributed by atoms with Crippen LogP contribution in [0.4, 0.5) is 11.4 Å². The second kappa shape index (κ2) is 13.3. The zero-order valence-electron chi connectivity index (χ0n) is 36.2. The summed E-state index contributed by atoms with van der Waals surface area (Å²) < 4.78 is 0. The normalized spacial score (nSPS) is 14.5. The van der Waals surface area contributed by atoms with E-state index in [9.17, 15) is 0 Å². The van der Waals surface area contributed by atoms with Crippen molar-refractivity contribution < 1.29 is 19.2 Å². The molecule has 0 fully saturated rings. The van der Waals surface area contributed by atoms with E-state index in [1.54, 1.807) is 0 Å². The number of para-hydroxylation sites is 2. The molecule has 9 aromatic rings. The van der Waals surface area contributed by atoms with Crippen LogP contribution in [-0.2, 0) is 0 Å². The number of nitrogens with zero attached hydrogens (tertiary/aromatic N) is 2. The van der Waals surface area contributed by atoms with Gasteiger partial charge in [0.25, 0.3) is 23.6 Å². The van der Waals surface area contributed by atoms with Crippen molar-refractivity contribution in [2.75, 3.05) is 9.80 Å². The molecule has 0 aromatic heterocycles. The van der Waals surface area contributed by atoms with E-state index < -0.39 is 0 Å². The van der Waals surface area contributed by atoms with Gasteiger partial charge in [-0.05, 0) is 107 Å². The molecule has 9 aromatic carbocycles. The topological polar surface area (TPSA) is 74.8 Å². The van der Waals surface area contributed by atoms with E-state index in [2.05, 4.69) is 67.5 Å². The summed E-state index contributed by atoms with van der Waals surface area (Å²) in [5.74, 6) is -1.09. The first-order valence-corrected chi connectivity index (χ1v) is 21.9. The third-order valence-electron chi connectivity index (χ3n) is 13.7. The number of rotatable bonds is 6. The molecule has 62 heavy (non-hydrogen) atoms. The quantitative estimate of drug-likeness (QED) is 0.0952. The molecule has 6 heteroatoms. The third-order valence-corrected chi connectivity index (χ3v) is 13.7. The van der Waals surface area contributed by atoms with Gasteiger partial charge in [-0.15, -0.1) is 0 Å². The lowest BCUT2D eigenvalue weighted by atomic mass is 9.77. The summed E-state index contributed by atoms with van der Waals surface area (Å²) in [7, 11) is 0. The maximum Gasteiger partial charge on any atom is 0.266 e. The van der Waals surface area contributed by atoms with Crippen molar-refractivity contribution in [3.63, 3.8) is 0 Å². The second-order valence-electron chi connectivity index (χ2n) is 18.5. The standard InChI is InChI=1S/C56H46N2O4/c1-27(2)31-19-13-20-32(28(3)4)51(31)57-53(59)41-25-23-39-43-35-15-9-11-17-37(35)47-50-48(56(62)58(55(47)61)52-33(29(5)6)21-14-22-34(52)30(7)8)38-18-12-10-16-36(38)44(49(43)50)40-24-26-42(54(57)60)46(41)45(39)40/h9-30H,1-8H3. The SMILES string of the molecule is CC(C)c1cccc(C(C)C)c1N1C(=O)c2ccc3c4c2c(ccc4c2c4ccccc4c4c5c(c6ccccc6c3c52)C(=O)N(c2c(C(C)C)cccc2C(C)C)C4=O)C1=O. The number of anilines is 2. The molecule has 0 N–H and O–H groups in total. The molecule has 0 bridgehead atoms. The number of fused-ring (bicyclic) bond motifs is 8. The van der Waals surface area contributed by atoms with Crippen LogP contribution in [0.3, 0.4) is 0 Å². The average Bonchev–Trinajstić information content (AvgIpc) is 3.26. The van der Waals surface area contributed by atoms with E-state index in [-0.39, 0.29) is 47.3 Å². The van der Waals surface area contributed by atoms with E-state index >= 15 is 19.2 Å². The molecule has 304 valence electrons. The summed E-state index contributed by atoms with van der Waals surface area (Å²) in [4.78, 5) is 64.2. The molecule has 0 saturated carbocycles. The van der Waals surface area contributed by atoms with Crippen molar-refractivity contribution in [1.82, 2.24) is 0 Å². The first kappa shape index (κ1) is 38.0. The number of hydrogen-bond acceptors (Lipinski definition) is 4. The van der Waals surface area contributed by atoms with Gasteiger partial charge >= 0.3 is 0 Å². The molecule has 4 amide bonds. The van der Waals surface area contributed by atoms with Crippen LogP contribution in [0.2, 0.25) is 0 Å². The number of hydrogen-bond donors (Lipinski definition) is 0. The Morgan fingerprint density at radius 2 is 0.645 bits per heavy atom. The molecule has 6 nitrogen and oxygen atoms in total. The molecule has 2 aliphatic rings. The van der Waals surface area contributed by atoms with Gasteiger partial charge in [-0.3, -0.25) is 19.2 Å². The summed E-state index contributed by atoms with van der Waals surface area (Å²) in [6, 6.07) is 35.9. The highest BCUT2D eigenvalue weighted by molar-refractivity contribution is 6.52. The fraction of sp³-hybridized carbons (Fsp3) is 0.214. The van der Waals surface area contributed by atoms with Crippen LogP contribution in [0.1, 0.15) is 143 Å². The predicted octanol–water partition coefficient (Wildman–Crippen LogP) is 14.1. The van der Waals surface area contributed by atoms with Crippen LogP contribution in [0, 0.1) is 0 Å². The van der Waals surface area contributed by atoms with Gasteiger partial charge in [-0.25, -0.2) is 9.80 Å². The Kier molecular flexibility index (Phi) is 8.15. The van der Waals surface area contributed by atoms with Gasteiger partial charge < -0.3 is 0 Å². The molecule has 0 aliphatic carbocycles. The van der Waals surface area contributed by atoms with Crippen LogP contribution < -0.4 is 9.80 Å². The molecule has 2 aliphatic heterocycles. The maximum absolute atomic E-state index is 15.6. The van der Waals surface area contributed by atoms with Crippen molar-refractivity contribution in [1.29, 1.82) is 0 Å². The minimum Gasteiger partial charge on any atom is -0.268 e. The number of amides is 4. The first-order valence-electron chi connectivity index (χ1n) is 21.9. The highest BCUT2D eigenvalue weighted by Gasteiger charge is 2.42. The fourth-order valence-corrected chi connectivity index (χ4v) is 11.0. The molecular formula is C56H46N2O4. The lowest BCUT2D eigenvalue weighted by molar-refractivity contribution is 0.0878. The Labute approximate surface area is 360 Å². The van der Waals surface area contributed by atoms with Gasteiger partial charge in [0.2, 0.25) is 0 Å². The Morgan fingerprint density at radius 3 is 1.02 bits per heavy atom. The maximum atomic E-state index is 15.6. The Balaban J connectivity index is 1.29. The van der Waals surface area contributed by atoms with Crippen LogP contribution in [0.25, 0.3) is 64.6 Å². The minimum atomic E-state index is -0.342. The summed E-state index contributed by atoms with van der Waals surface area (Å²) >= 11 is 0. The van der Waals surface area contributed by atoms with Crippen molar-refractivity contribution in [2.45, 2.75) is 79.1 Å². The first-order chi connectivity index (χ1) is 29.8. The Morgan fingerprint density at radius 1 is 0.306 bits per heavy atom. The molecule has 0 saturated heterocycles. The molecule has 0 spiro atoms. The van der Waals surface area contributed by atoms with E-state index in [4.69, 9.17) is 0 Å². The molecule has 0 atom stereocenters. The lowest BCUT2D eigenvalue weighted by Gasteiger charge is -2.35. The van der Waals surface area contributed by atoms with E-state index in [0.29, 0.717) is 44.4 Å².